The maximum absolute atomic E-state index is 14.2. The van der Waals surface area contributed by atoms with Crippen LogP contribution in [0.5, 0.6) is 5.75 Å². The Kier molecular flexibility index (Phi) is 5.56. The summed E-state index contributed by atoms with van der Waals surface area (Å²) >= 11 is 5.58. The van der Waals surface area contributed by atoms with Gasteiger partial charge in [0.1, 0.15) is 24.3 Å². The van der Waals surface area contributed by atoms with Crippen LogP contribution in [-0.4, -0.2) is 24.9 Å². The average molecular weight is 493 g/mol. The van der Waals surface area contributed by atoms with Gasteiger partial charge in [-0.05, 0) is 62.3 Å². The minimum absolute atomic E-state index is 0.00470. The molecule has 3 rings (SSSR count). The van der Waals surface area contributed by atoms with E-state index in [-0.39, 0.29) is 18.1 Å². The first-order chi connectivity index (χ1) is 11.1. The minimum atomic E-state index is -1.02. The van der Waals surface area contributed by atoms with Crippen molar-refractivity contribution in [2.24, 2.45) is 0 Å². The number of hydrogen-bond acceptors (Lipinski definition) is 3. The monoisotopic (exact) mass is 492 g/mol. The summed E-state index contributed by atoms with van der Waals surface area (Å²) in [6.45, 7) is 1.26. The van der Waals surface area contributed by atoms with E-state index in [0.29, 0.717) is 19.0 Å². The highest BCUT2D eigenvalue weighted by Crippen LogP contribution is 2.30. The topological polar surface area (TPSA) is 38.7 Å². The molecule has 0 aliphatic carbocycles. The Morgan fingerprint density at radius 3 is 2.78 bits per heavy atom. The van der Waals surface area contributed by atoms with Gasteiger partial charge in [0.15, 0.2) is 0 Å². The van der Waals surface area contributed by atoms with Gasteiger partial charge < -0.3 is 14.6 Å². The van der Waals surface area contributed by atoms with Crippen molar-refractivity contribution in [3.8, 4) is 5.75 Å². The molecule has 0 bridgehead atoms. The Balaban J connectivity index is 1.68. The molecule has 1 atom stereocenters. The Hall–Kier alpha value is -0.700. The fourth-order valence-corrected chi connectivity index (χ4v) is 3.21. The number of halogens is 3. The second-order valence-electron chi connectivity index (χ2n) is 5.39. The summed E-state index contributed by atoms with van der Waals surface area (Å²) in [5.41, 5.74) is 1.16. The zero-order valence-corrected chi connectivity index (χ0v) is 15.9. The van der Waals surface area contributed by atoms with Crippen molar-refractivity contribution in [1.82, 2.24) is 0 Å². The minimum Gasteiger partial charge on any atom is -0.489 e. The van der Waals surface area contributed by atoms with E-state index in [1.54, 1.807) is 6.07 Å². The molecule has 6 heteroatoms. The first-order valence-corrected chi connectivity index (χ1v) is 9.05. The fraction of sp³-hybridized carbons (Fsp3) is 0.294. The molecule has 2 aromatic rings. The number of aliphatic hydroxyl groups excluding tert-OH is 1. The second kappa shape index (κ2) is 7.46. The number of rotatable bonds is 5. The maximum Gasteiger partial charge on any atom is 0.133 e. The number of aliphatic hydroxyl groups is 1. The largest absolute Gasteiger partial charge is 0.489 e. The molecule has 1 fully saturated rings. The molecule has 1 heterocycles. The Morgan fingerprint density at radius 1 is 1.35 bits per heavy atom. The molecular formula is C17H15BrFIO3. The summed E-state index contributed by atoms with van der Waals surface area (Å²) in [4.78, 5) is 0. The molecule has 2 aromatic carbocycles. The van der Waals surface area contributed by atoms with Gasteiger partial charge in [-0.25, -0.2) is 4.39 Å². The molecule has 1 aliphatic rings. The van der Waals surface area contributed by atoms with E-state index in [1.165, 1.54) is 6.07 Å². The van der Waals surface area contributed by atoms with Crippen LogP contribution < -0.4 is 4.74 Å². The van der Waals surface area contributed by atoms with Crippen molar-refractivity contribution in [1.29, 1.82) is 0 Å². The molecule has 1 N–H and O–H groups in total. The van der Waals surface area contributed by atoms with Crippen molar-refractivity contribution in [2.45, 2.75) is 12.0 Å². The summed E-state index contributed by atoms with van der Waals surface area (Å²) in [7, 11) is 0. The lowest BCUT2D eigenvalue weighted by Crippen LogP contribution is -2.25. The molecule has 0 radical (unpaired) electrons. The van der Waals surface area contributed by atoms with E-state index in [2.05, 4.69) is 38.5 Å². The fourth-order valence-electron chi connectivity index (χ4n) is 2.35. The van der Waals surface area contributed by atoms with Crippen LogP contribution >= 0.6 is 38.5 Å². The Bertz CT molecular complexity index is 706. The van der Waals surface area contributed by atoms with Gasteiger partial charge in [0, 0.05) is 16.0 Å². The summed E-state index contributed by atoms with van der Waals surface area (Å²) in [6.07, 6.45) is -1.02. The summed E-state index contributed by atoms with van der Waals surface area (Å²) in [5, 5.41) is 10.2. The highest BCUT2D eigenvalue weighted by molar-refractivity contribution is 14.1. The van der Waals surface area contributed by atoms with E-state index < -0.39 is 11.9 Å². The van der Waals surface area contributed by atoms with Crippen molar-refractivity contribution < 1.29 is 19.0 Å². The third-order valence-corrected chi connectivity index (χ3v) is 6.32. The van der Waals surface area contributed by atoms with Gasteiger partial charge in [0.25, 0.3) is 0 Å². The van der Waals surface area contributed by atoms with Gasteiger partial charge in [-0.3, -0.25) is 0 Å². The van der Waals surface area contributed by atoms with Crippen LogP contribution in [0, 0.1) is 9.39 Å². The van der Waals surface area contributed by atoms with Crippen LogP contribution in [-0.2, 0) is 4.74 Å². The van der Waals surface area contributed by atoms with E-state index in [0.717, 1.165) is 13.6 Å². The quantitative estimate of drug-likeness (QED) is 0.628. The SMILES string of the molecule is OC(COc1cccc(Br)c1I)c1ccc(C2COC2)cc1F. The highest BCUT2D eigenvalue weighted by atomic mass is 127. The van der Waals surface area contributed by atoms with Gasteiger partial charge in [-0.15, -0.1) is 0 Å². The summed E-state index contributed by atoms with van der Waals surface area (Å²) < 4.78 is 26.8. The summed E-state index contributed by atoms with van der Waals surface area (Å²) in [6, 6.07) is 10.5. The lowest BCUT2D eigenvalue weighted by atomic mass is 9.95. The van der Waals surface area contributed by atoms with Crippen LogP contribution in [0.3, 0.4) is 0 Å². The van der Waals surface area contributed by atoms with Crippen molar-refractivity contribution in [3.05, 3.63) is 61.4 Å². The standard InChI is InChI=1S/C17H15BrFIO3/c18-13-2-1-3-16(17(13)20)23-9-15(21)12-5-4-10(6-14(12)19)11-7-22-8-11/h1-6,11,15,21H,7-9H2. The first-order valence-electron chi connectivity index (χ1n) is 7.18. The molecule has 0 spiro atoms. The van der Waals surface area contributed by atoms with E-state index >= 15 is 0 Å². The number of ether oxygens (including phenoxy) is 2. The molecular weight excluding hydrogens is 478 g/mol. The smallest absolute Gasteiger partial charge is 0.133 e. The van der Waals surface area contributed by atoms with Crippen LogP contribution in [0.4, 0.5) is 4.39 Å². The number of benzene rings is 2. The number of hydrogen-bond donors (Lipinski definition) is 1. The molecule has 0 saturated carbocycles. The maximum atomic E-state index is 14.2. The highest BCUT2D eigenvalue weighted by Gasteiger charge is 2.23. The van der Waals surface area contributed by atoms with E-state index in [1.807, 2.05) is 24.3 Å². The Labute approximate surface area is 156 Å². The molecule has 1 unspecified atom stereocenters. The molecule has 122 valence electrons. The third-order valence-electron chi connectivity index (χ3n) is 3.81. The molecule has 0 aromatic heterocycles. The van der Waals surface area contributed by atoms with E-state index in [9.17, 15) is 9.50 Å². The molecule has 0 amide bonds. The zero-order chi connectivity index (χ0) is 16.4. The molecule has 1 aliphatic heterocycles. The first kappa shape index (κ1) is 17.1. The predicted octanol–water partition coefficient (Wildman–Crippen LogP) is 4.42. The average Bonchev–Trinajstić information content (AvgIpc) is 2.47. The van der Waals surface area contributed by atoms with Gasteiger partial charge in [-0.1, -0.05) is 18.2 Å². The normalized spacial score (nSPS) is 16.0. The van der Waals surface area contributed by atoms with Crippen LogP contribution in [0.15, 0.2) is 40.9 Å². The van der Waals surface area contributed by atoms with Crippen molar-refractivity contribution in [3.63, 3.8) is 0 Å². The van der Waals surface area contributed by atoms with Gasteiger partial charge in [-0.2, -0.15) is 0 Å². The Morgan fingerprint density at radius 2 is 2.13 bits per heavy atom. The van der Waals surface area contributed by atoms with Crippen molar-refractivity contribution >= 4 is 38.5 Å². The zero-order valence-electron chi connectivity index (χ0n) is 12.1. The molecule has 1 saturated heterocycles. The van der Waals surface area contributed by atoms with Gasteiger partial charge in [0.2, 0.25) is 0 Å². The molecule has 3 nitrogen and oxygen atoms in total. The van der Waals surface area contributed by atoms with Gasteiger partial charge in [0.05, 0.1) is 16.8 Å². The van der Waals surface area contributed by atoms with Crippen LogP contribution in [0.2, 0.25) is 0 Å². The summed E-state index contributed by atoms with van der Waals surface area (Å²) in [5.74, 6) is 0.507. The molecule has 23 heavy (non-hydrogen) atoms. The van der Waals surface area contributed by atoms with E-state index in [4.69, 9.17) is 9.47 Å². The van der Waals surface area contributed by atoms with Crippen molar-refractivity contribution in [2.75, 3.05) is 19.8 Å². The van der Waals surface area contributed by atoms with Crippen LogP contribution in [0.1, 0.15) is 23.1 Å². The van der Waals surface area contributed by atoms with Crippen LogP contribution in [0.25, 0.3) is 0 Å². The predicted molar refractivity (Wildman–Crippen MR) is 97.3 cm³/mol. The lowest BCUT2D eigenvalue weighted by molar-refractivity contribution is 0.00827. The van der Waals surface area contributed by atoms with Gasteiger partial charge >= 0.3 is 0 Å². The third kappa shape index (κ3) is 3.87. The second-order valence-corrected chi connectivity index (χ2v) is 7.33. The lowest BCUT2D eigenvalue weighted by Gasteiger charge is -2.26.